The Morgan fingerprint density at radius 2 is 1.52 bits per heavy atom. The molecule has 1 aliphatic heterocycles. The van der Waals surface area contributed by atoms with Crippen LogP contribution in [0.3, 0.4) is 0 Å². The lowest BCUT2D eigenvalue weighted by Gasteiger charge is -2.33. The van der Waals surface area contributed by atoms with E-state index in [9.17, 15) is 13.6 Å². The van der Waals surface area contributed by atoms with Gasteiger partial charge in [0, 0.05) is 18.2 Å². The van der Waals surface area contributed by atoms with E-state index in [1.54, 1.807) is 12.1 Å². The molecule has 2 aromatic rings. The Morgan fingerprint density at radius 1 is 0.931 bits per heavy atom. The number of hydrogen-bond donors (Lipinski definition) is 0. The highest BCUT2D eigenvalue weighted by Crippen LogP contribution is 2.43. The van der Waals surface area contributed by atoms with Gasteiger partial charge in [-0.2, -0.15) is 0 Å². The highest BCUT2D eigenvalue weighted by molar-refractivity contribution is 5.96. The van der Waals surface area contributed by atoms with Gasteiger partial charge >= 0.3 is 6.03 Å². The monoisotopic (exact) mass is 398 g/mol. The largest absolute Gasteiger partial charge is 0.325 e. The smallest absolute Gasteiger partial charge is 0.319 e. The molecular formula is C24H28F2N2O. The zero-order valence-electron chi connectivity index (χ0n) is 17.0. The van der Waals surface area contributed by atoms with E-state index in [1.807, 2.05) is 21.9 Å². The summed E-state index contributed by atoms with van der Waals surface area (Å²) in [5.41, 5.74) is 1.79. The molecule has 2 aliphatic rings. The van der Waals surface area contributed by atoms with Crippen molar-refractivity contribution < 1.29 is 13.6 Å². The molecule has 0 N–H and O–H groups in total. The Balaban J connectivity index is 1.79. The predicted octanol–water partition coefficient (Wildman–Crippen LogP) is 5.96. The van der Waals surface area contributed by atoms with Gasteiger partial charge in [0.1, 0.15) is 11.6 Å². The lowest BCUT2D eigenvalue weighted by atomic mass is 9.85. The SMILES string of the molecule is CC(C)CN1C(=O)N(c2ccc(F)cc2)[C@@H]2[C@H](c3ccc(F)cc3)CCCC[C@@H]21. The average Bonchev–Trinajstić information content (AvgIpc) is 2.83. The standard InChI is InChI=1S/C24H28F2N2O/c1-16(2)15-27-22-6-4-3-5-21(17-7-9-18(25)10-8-17)23(22)28(24(27)29)20-13-11-19(26)12-14-20/h7-14,16,21-23H,3-6,15H2,1-2H3/t21-,22-,23+/m0/s1. The van der Waals surface area contributed by atoms with Gasteiger partial charge in [-0.05, 0) is 60.7 Å². The maximum Gasteiger partial charge on any atom is 0.325 e. The summed E-state index contributed by atoms with van der Waals surface area (Å²) in [5, 5.41) is 0. The Kier molecular flexibility index (Phi) is 5.57. The minimum absolute atomic E-state index is 0.00526. The third kappa shape index (κ3) is 3.87. The van der Waals surface area contributed by atoms with E-state index in [4.69, 9.17) is 0 Å². The maximum absolute atomic E-state index is 13.5. The molecule has 154 valence electrons. The Hall–Kier alpha value is -2.43. The molecule has 2 amide bonds. The zero-order chi connectivity index (χ0) is 20.5. The first-order valence-electron chi connectivity index (χ1n) is 10.6. The van der Waals surface area contributed by atoms with Crippen molar-refractivity contribution in [2.24, 2.45) is 5.92 Å². The molecule has 0 radical (unpaired) electrons. The first kappa shape index (κ1) is 19.9. The molecular weight excluding hydrogens is 370 g/mol. The van der Waals surface area contributed by atoms with Crippen molar-refractivity contribution in [2.45, 2.75) is 57.5 Å². The number of amides is 2. The summed E-state index contributed by atoms with van der Waals surface area (Å²) in [6, 6.07) is 13.0. The van der Waals surface area contributed by atoms with E-state index >= 15 is 0 Å². The van der Waals surface area contributed by atoms with Gasteiger partial charge in [-0.3, -0.25) is 4.90 Å². The first-order chi connectivity index (χ1) is 14.0. The fourth-order valence-corrected chi connectivity index (χ4v) is 4.99. The van der Waals surface area contributed by atoms with E-state index in [-0.39, 0.29) is 35.7 Å². The number of anilines is 1. The van der Waals surface area contributed by atoms with Gasteiger partial charge in [-0.25, -0.2) is 13.6 Å². The van der Waals surface area contributed by atoms with E-state index in [2.05, 4.69) is 13.8 Å². The van der Waals surface area contributed by atoms with Crippen LogP contribution in [0.15, 0.2) is 48.5 Å². The number of benzene rings is 2. The second kappa shape index (κ2) is 8.13. The van der Waals surface area contributed by atoms with Gasteiger partial charge in [0.2, 0.25) is 0 Å². The fraction of sp³-hybridized carbons (Fsp3) is 0.458. The topological polar surface area (TPSA) is 23.6 Å². The van der Waals surface area contributed by atoms with Gasteiger partial charge in [0.15, 0.2) is 0 Å². The van der Waals surface area contributed by atoms with Crippen LogP contribution in [0.2, 0.25) is 0 Å². The van der Waals surface area contributed by atoms with Gasteiger partial charge < -0.3 is 4.90 Å². The molecule has 29 heavy (non-hydrogen) atoms. The normalized spacial score (nSPS) is 24.7. The number of carbonyl (C=O) groups excluding carboxylic acids is 1. The number of hydrogen-bond acceptors (Lipinski definition) is 1. The summed E-state index contributed by atoms with van der Waals surface area (Å²) in [6.45, 7) is 4.95. The van der Waals surface area contributed by atoms with Crippen LogP contribution in [0.25, 0.3) is 0 Å². The number of urea groups is 1. The van der Waals surface area contributed by atoms with Crippen LogP contribution in [-0.4, -0.2) is 29.6 Å². The Morgan fingerprint density at radius 3 is 2.14 bits per heavy atom. The molecule has 2 fully saturated rings. The summed E-state index contributed by atoms with van der Waals surface area (Å²) < 4.78 is 27.1. The molecule has 3 atom stereocenters. The van der Waals surface area contributed by atoms with Crippen molar-refractivity contribution in [3.8, 4) is 0 Å². The van der Waals surface area contributed by atoms with Crippen molar-refractivity contribution in [3.05, 3.63) is 65.7 Å². The zero-order valence-corrected chi connectivity index (χ0v) is 17.0. The molecule has 5 heteroatoms. The van der Waals surface area contributed by atoms with Gasteiger partial charge in [-0.15, -0.1) is 0 Å². The van der Waals surface area contributed by atoms with Crippen LogP contribution < -0.4 is 4.90 Å². The van der Waals surface area contributed by atoms with Crippen molar-refractivity contribution >= 4 is 11.7 Å². The highest BCUT2D eigenvalue weighted by atomic mass is 19.1. The third-order valence-electron chi connectivity index (χ3n) is 6.19. The molecule has 0 aromatic heterocycles. The second-order valence-corrected chi connectivity index (χ2v) is 8.68. The van der Waals surface area contributed by atoms with E-state index in [0.29, 0.717) is 12.5 Å². The van der Waals surface area contributed by atoms with Crippen molar-refractivity contribution in [1.29, 1.82) is 0 Å². The molecule has 4 rings (SSSR count). The number of carbonyl (C=O) groups is 1. The number of halogens is 2. The lowest BCUT2D eigenvalue weighted by Crippen LogP contribution is -2.41. The summed E-state index contributed by atoms with van der Waals surface area (Å²) in [5.74, 6) is -0.0836. The molecule has 0 spiro atoms. The van der Waals surface area contributed by atoms with E-state index in [1.165, 1.54) is 24.3 Å². The molecule has 0 bridgehead atoms. The van der Waals surface area contributed by atoms with Crippen LogP contribution in [0.4, 0.5) is 19.3 Å². The lowest BCUT2D eigenvalue weighted by molar-refractivity contribution is 0.189. The Bertz CT molecular complexity index is 850. The predicted molar refractivity (Wildman–Crippen MR) is 111 cm³/mol. The first-order valence-corrected chi connectivity index (χ1v) is 10.6. The Labute approximate surface area is 171 Å². The number of rotatable bonds is 4. The number of fused-ring (bicyclic) bond motifs is 1. The van der Waals surface area contributed by atoms with Gasteiger partial charge in [0.05, 0.1) is 12.1 Å². The fourth-order valence-electron chi connectivity index (χ4n) is 4.99. The molecule has 1 heterocycles. The minimum atomic E-state index is -0.313. The van der Waals surface area contributed by atoms with E-state index < -0.39 is 0 Å². The maximum atomic E-state index is 13.5. The van der Waals surface area contributed by atoms with Crippen LogP contribution in [0, 0.1) is 17.6 Å². The van der Waals surface area contributed by atoms with Crippen molar-refractivity contribution in [1.82, 2.24) is 4.90 Å². The molecule has 2 aromatic carbocycles. The summed E-state index contributed by atoms with van der Waals surface area (Å²) >= 11 is 0. The summed E-state index contributed by atoms with van der Waals surface area (Å²) in [6.07, 6.45) is 4.06. The minimum Gasteiger partial charge on any atom is -0.319 e. The molecule has 1 saturated heterocycles. The second-order valence-electron chi connectivity index (χ2n) is 8.68. The number of nitrogens with zero attached hydrogens (tertiary/aromatic N) is 2. The summed E-state index contributed by atoms with van der Waals surface area (Å²) in [7, 11) is 0. The molecule has 3 nitrogen and oxygen atoms in total. The van der Waals surface area contributed by atoms with Crippen LogP contribution >= 0.6 is 0 Å². The van der Waals surface area contributed by atoms with Crippen LogP contribution in [0.1, 0.15) is 51.0 Å². The molecule has 1 aliphatic carbocycles. The summed E-state index contributed by atoms with van der Waals surface area (Å²) in [4.78, 5) is 17.4. The van der Waals surface area contributed by atoms with Crippen molar-refractivity contribution in [3.63, 3.8) is 0 Å². The van der Waals surface area contributed by atoms with E-state index in [0.717, 1.165) is 36.9 Å². The average molecular weight is 398 g/mol. The molecule has 0 unspecified atom stereocenters. The quantitative estimate of drug-likeness (QED) is 0.623. The van der Waals surface area contributed by atoms with Crippen molar-refractivity contribution in [2.75, 3.05) is 11.4 Å². The van der Waals surface area contributed by atoms with Gasteiger partial charge in [0.25, 0.3) is 0 Å². The van der Waals surface area contributed by atoms with Crippen LogP contribution in [0.5, 0.6) is 0 Å². The molecule has 1 saturated carbocycles. The third-order valence-corrected chi connectivity index (χ3v) is 6.19. The highest BCUT2D eigenvalue weighted by Gasteiger charge is 2.50. The van der Waals surface area contributed by atoms with Crippen LogP contribution in [-0.2, 0) is 0 Å². The van der Waals surface area contributed by atoms with Gasteiger partial charge in [-0.1, -0.05) is 38.8 Å².